The van der Waals surface area contributed by atoms with Crippen LogP contribution in [0.3, 0.4) is 0 Å². The summed E-state index contributed by atoms with van der Waals surface area (Å²) in [6.45, 7) is 2.81. The lowest BCUT2D eigenvalue weighted by Gasteiger charge is -2.09. The van der Waals surface area contributed by atoms with Crippen LogP contribution in [0.2, 0.25) is 5.02 Å². The molecule has 0 saturated heterocycles. The molecule has 0 spiro atoms. The van der Waals surface area contributed by atoms with Crippen LogP contribution in [0.4, 0.5) is 0 Å². The average molecular weight is 212 g/mol. The Bertz CT molecular complexity index is 356. The van der Waals surface area contributed by atoms with E-state index in [1.54, 1.807) is 12.1 Å². The zero-order valence-electron chi connectivity index (χ0n) is 7.79. The van der Waals surface area contributed by atoms with Crippen LogP contribution >= 0.6 is 11.6 Å². The highest BCUT2D eigenvalue weighted by Gasteiger charge is 2.31. The summed E-state index contributed by atoms with van der Waals surface area (Å²) >= 11 is 5.89. The van der Waals surface area contributed by atoms with Crippen molar-refractivity contribution in [1.29, 1.82) is 0 Å². The molecule has 0 aliphatic carbocycles. The van der Waals surface area contributed by atoms with Crippen molar-refractivity contribution in [3.05, 3.63) is 22.7 Å². The highest BCUT2D eigenvalue weighted by Crippen LogP contribution is 2.23. The van der Waals surface area contributed by atoms with Gasteiger partial charge in [-0.2, -0.15) is 0 Å². The van der Waals surface area contributed by atoms with Crippen molar-refractivity contribution in [2.45, 2.75) is 13.5 Å². The molecule has 0 atom stereocenters. The quantitative estimate of drug-likeness (QED) is 0.742. The number of halogens is 1. The van der Waals surface area contributed by atoms with E-state index < -0.39 is 7.12 Å². The van der Waals surface area contributed by atoms with Gasteiger partial charge < -0.3 is 14.4 Å². The fourth-order valence-corrected chi connectivity index (χ4v) is 1.80. The molecule has 74 valence electrons. The van der Waals surface area contributed by atoms with Crippen LogP contribution in [0.25, 0.3) is 0 Å². The molecule has 14 heavy (non-hydrogen) atoms. The molecule has 0 unspecified atom stereocenters. The van der Waals surface area contributed by atoms with Crippen LogP contribution < -0.4 is 10.2 Å². The standard InChI is InChI=1S/C9H10BClO3/c1-2-13-8-4-7(11)3-6-5-14-10(12)9(6)8/h3-4,12H,2,5H2,1H3. The molecule has 3 nitrogen and oxygen atoms in total. The van der Waals surface area contributed by atoms with Gasteiger partial charge in [-0.15, -0.1) is 0 Å². The van der Waals surface area contributed by atoms with E-state index in [2.05, 4.69) is 0 Å². The first kappa shape index (κ1) is 9.83. The van der Waals surface area contributed by atoms with E-state index >= 15 is 0 Å². The molecule has 0 aromatic heterocycles. The number of hydrogen-bond donors (Lipinski definition) is 1. The van der Waals surface area contributed by atoms with Gasteiger partial charge in [0.1, 0.15) is 5.75 Å². The number of rotatable bonds is 2. The van der Waals surface area contributed by atoms with Crippen molar-refractivity contribution in [2.75, 3.05) is 6.61 Å². The van der Waals surface area contributed by atoms with Gasteiger partial charge >= 0.3 is 7.12 Å². The highest BCUT2D eigenvalue weighted by atomic mass is 35.5. The van der Waals surface area contributed by atoms with Crippen LogP contribution in [0.5, 0.6) is 5.75 Å². The normalized spacial score (nSPS) is 14.4. The van der Waals surface area contributed by atoms with Crippen LogP contribution in [0.1, 0.15) is 12.5 Å². The Labute approximate surface area is 87.7 Å². The molecule has 2 rings (SSSR count). The van der Waals surface area contributed by atoms with Gasteiger partial charge in [-0.25, -0.2) is 0 Å². The summed E-state index contributed by atoms with van der Waals surface area (Å²) in [4.78, 5) is 0. The maximum Gasteiger partial charge on any atom is 0.495 e. The lowest BCUT2D eigenvalue weighted by atomic mass is 9.79. The Kier molecular flexibility index (Phi) is 2.68. The number of benzene rings is 1. The van der Waals surface area contributed by atoms with E-state index in [0.717, 1.165) is 5.56 Å². The minimum atomic E-state index is -0.885. The first-order valence-corrected chi connectivity index (χ1v) is 4.85. The van der Waals surface area contributed by atoms with Gasteiger partial charge in [0.2, 0.25) is 0 Å². The summed E-state index contributed by atoms with van der Waals surface area (Å²) in [6.07, 6.45) is 0. The van der Waals surface area contributed by atoms with Gasteiger partial charge in [0.05, 0.1) is 13.2 Å². The molecule has 1 aliphatic rings. The number of fused-ring (bicyclic) bond motifs is 1. The molecule has 0 radical (unpaired) electrons. The maximum absolute atomic E-state index is 9.53. The van der Waals surface area contributed by atoms with E-state index in [1.165, 1.54) is 0 Å². The van der Waals surface area contributed by atoms with Crippen LogP contribution in [-0.4, -0.2) is 18.7 Å². The predicted octanol–water partition coefficient (Wildman–Crippen LogP) is 0.956. The van der Waals surface area contributed by atoms with Crippen molar-refractivity contribution in [3.63, 3.8) is 0 Å². The fraction of sp³-hybridized carbons (Fsp3) is 0.333. The van der Waals surface area contributed by atoms with E-state index in [9.17, 15) is 5.02 Å². The van der Waals surface area contributed by atoms with E-state index in [1.807, 2.05) is 6.92 Å². The molecule has 0 saturated carbocycles. The minimum absolute atomic E-state index is 0.386. The number of hydrogen-bond acceptors (Lipinski definition) is 3. The largest absolute Gasteiger partial charge is 0.495 e. The van der Waals surface area contributed by atoms with Gasteiger partial charge in [-0.1, -0.05) is 11.6 Å². The van der Waals surface area contributed by atoms with E-state index in [-0.39, 0.29) is 0 Å². The first-order chi connectivity index (χ1) is 6.72. The molecular formula is C9H10BClO3. The third-order valence-corrected chi connectivity index (χ3v) is 2.35. The maximum atomic E-state index is 9.53. The Morgan fingerprint density at radius 1 is 1.64 bits per heavy atom. The molecule has 1 aromatic rings. The van der Waals surface area contributed by atoms with Gasteiger partial charge in [0.15, 0.2) is 0 Å². The van der Waals surface area contributed by atoms with Crippen molar-refractivity contribution in [2.24, 2.45) is 0 Å². The molecule has 0 amide bonds. The van der Waals surface area contributed by atoms with Crippen LogP contribution in [-0.2, 0) is 11.3 Å². The number of ether oxygens (including phenoxy) is 1. The van der Waals surface area contributed by atoms with Gasteiger partial charge in [-0.05, 0) is 24.6 Å². The molecular weight excluding hydrogens is 202 g/mol. The third-order valence-electron chi connectivity index (χ3n) is 2.14. The zero-order chi connectivity index (χ0) is 10.1. The van der Waals surface area contributed by atoms with Crippen molar-refractivity contribution in [1.82, 2.24) is 0 Å². The summed E-state index contributed by atoms with van der Waals surface area (Å²) < 4.78 is 10.5. The first-order valence-electron chi connectivity index (χ1n) is 4.47. The third kappa shape index (κ3) is 1.61. The Hall–Kier alpha value is -0.705. The lowest BCUT2D eigenvalue weighted by Crippen LogP contribution is -2.29. The molecule has 0 bridgehead atoms. The van der Waals surface area contributed by atoms with E-state index in [4.69, 9.17) is 21.0 Å². The van der Waals surface area contributed by atoms with Gasteiger partial charge in [-0.3, -0.25) is 0 Å². The van der Waals surface area contributed by atoms with E-state index in [0.29, 0.717) is 29.4 Å². The van der Waals surface area contributed by atoms with Crippen molar-refractivity contribution in [3.8, 4) is 5.75 Å². The summed E-state index contributed by atoms with van der Waals surface area (Å²) in [5.74, 6) is 0.611. The second-order valence-corrected chi connectivity index (χ2v) is 3.51. The topological polar surface area (TPSA) is 38.7 Å². The summed E-state index contributed by atoms with van der Waals surface area (Å²) in [7, 11) is -0.885. The SMILES string of the molecule is CCOc1cc(Cl)cc2c1B(O)OC2. The predicted molar refractivity (Wildman–Crippen MR) is 55.0 cm³/mol. The molecule has 1 aliphatic heterocycles. The molecule has 1 heterocycles. The van der Waals surface area contributed by atoms with Gasteiger partial charge in [0.25, 0.3) is 0 Å². The lowest BCUT2D eigenvalue weighted by molar-refractivity contribution is 0.275. The average Bonchev–Trinajstić information content (AvgIpc) is 2.48. The molecule has 5 heteroatoms. The summed E-state index contributed by atoms with van der Waals surface area (Å²) in [6, 6.07) is 3.48. The monoisotopic (exact) mass is 212 g/mol. The summed E-state index contributed by atoms with van der Waals surface area (Å²) in [5.41, 5.74) is 1.60. The van der Waals surface area contributed by atoms with Gasteiger partial charge in [0, 0.05) is 10.5 Å². The van der Waals surface area contributed by atoms with Crippen molar-refractivity contribution < 1.29 is 14.4 Å². The second-order valence-electron chi connectivity index (χ2n) is 3.07. The summed E-state index contributed by atoms with van der Waals surface area (Å²) in [5, 5.41) is 10.1. The van der Waals surface area contributed by atoms with Crippen LogP contribution in [0.15, 0.2) is 12.1 Å². The molecule has 0 fully saturated rings. The smallest absolute Gasteiger partial charge is 0.494 e. The Balaban J connectivity index is 2.47. The molecule has 1 aromatic carbocycles. The minimum Gasteiger partial charge on any atom is -0.494 e. The second kappa shape index (κ2) is 3.81. The highest BCUT2D eigenvalue weighted by molar-refractivity contribution is 6.62. The zero-order valence-corrected chi connectivity index (χ0v) is 8.54. The van der Waals surface area contributed by atoms with Crippen LogP contribution in [0, 0.1) is 0 Å². The fourth-order valence-electron chi connectivity index (χ4n) is 1.57. The Morgan fingerprint density at radius 2 is 2.43 bits per heavy atom. The molecule has 1 N–H and O–H groups in total. The Morgan fingerprint density at radius 3 is 3.14 bits per heavy atom. The van der Waals surface area contributed by atoms with Crippen molar-refractivity contribution >= 4 is 24.2 Å².